The first-order valence-electron chi connectivity index (χ1n) is 11.8. The number of amides is 1. The molecule has 2 aromatic carbocycles. The highest BCUT2D eigenvalue weighted by Gasteiger charge is 2.30. The van der Waals surface area contributed by atoms with Crippen molar-refractivity contribution in [2.75, 3.05) is 20.1 Å². The van der Waals surface area contributed by atoms with E-state index in [0.717, 1.165) is 48.8 Å². The third-order valence-corrected chi connectivity index (χ3v) is 7.37. The lowest BCUT2D eigenvalue weighted by atomic mass is 10.0. The van der Waals surface area contributed by atoms with E-state index in [1.54, 1.807) is 16.7 Å². The Morgan fingerprint density at radius 1 is 1.06 bits per heavy atom. The van der Waals surface area contributed by atoms with Crippen LogP contribution in [0.4, 0.5) is 4.39 Å². The molecule has 0 N–H and O–H groups in total. The molecule has 168 valence electrons. The molecule has 0 spiro atoms. The number of piperidine rings is 1. The smallest absolute Gasteiger partial charge is 0.253 e. The molecule has 3 aromatic rings. The molecule has 5 rings (SSSR count). The molecule has 1 saturated heterocycles. The van der Waals surface area contributed by atoms with Gasteiger partial charge in [0.05, 0.1) is 16.7 Å². The van der Waals surface area contributed by atoms with Gasteiger partial charge < -0.3 is 9.80 Å². The summed E-state index contributed by atoms with van der Waals surface area (Å²) in [5, 5.41) is 0. The monoisotopic (exact) mass is 434 g/mol. The fourth-order valence-corrected chi connectivity index (χ4v) is 5.55. The van der Waals surface area contributed by atoms with Crippen LogP contribution in [0.2, 0.25) is 0 Å². The molecule has 2 heterocycles. The van der Waals surface area contributed by atoms with Gasteiger partial charge in [0.1, 0.15) is 11.6 Å². The van der Waals surface area contributed by atoms with Crippen molar-refractivity contribution in [1.29, 1.82) is 0 Å². The van der Waals surface area contributed by atoms with Crippen LogP contribution in [-0.4, -0.2) is 57.5 Å². The summed E-state index contributed by atoms with van der Waals surface area (Å²) >= 11 is 0. The second-order valence-corrected chi connectivity index (χ2v) is 9.27. The zero-order valence-corrected chi connectivity index (χ0v) is 18.9. The van der Waals surface area contributed by atoms with E-state index in [1.807, 2.05) is 43.1 Å². The molecule has 0 radical (unpaired) electrons. The highest BCUT2D eigenvalue weighted by Crippen LogP contribution is 2.28. The van der Waals surface area contributed by atoms with Gasteiger partial charge in [-0.15, -0.1) is 0 Å². The maximum atomic E-state index is 15.2. The largest absolute Gasteiger partial charge is 0.339 e. The molecule has 2 fully saturated rings. The Hall–Kier alpha value is -2.73. The van der Waals surface area contributed by atoms with Gasteiger partial charge in [-0.25, -0.2) is 9.37 Å². The first kappa shape index (κ1) is 21.1. The van der Waals surface area contributed by atoms with E-state index in [4.69, 9.17) is 0 Å². The Bertz CT molecular complexity index is 1130. The summed E-state index contributed by atoms with van der Waals surface area (Å²) in [5.74, 6) is 0.198. The van der Waals surface area contributed by atoms with E-state index in [9.17, 15) is 4.79 Å². The van der Waals surface area contributed by atoms with Gasteiger partial charge in [0.15, 0.2) is 0 Å². The summed E-state index contributed by atoms with van der Waals surface area (Å²) in [7, 11) is 1.86. The van der Waals surface area contributed by atoms with Crippen molar-refractivity contribution in [2.24, 2.45) is 0 Å². The van der Waals surface area contributed by atoms with Crippen LogP contribution in [0.3, 0.4) is 0 Å². The number of nitrogens with zero attached hydrogens (tertiary/aromatic N) is 4. The van der Waals surface area contributed by atoms with Crippen molar-refractivity contribution in [3.63, 3.8) is 0 Å². The van der Waals surface area contributed by atoms with Crippen molar-refractivity contribution in [3.05, 3.63) is 59.7 Å². The van der Waals surface area contributed by atoms with Crippen LogP contribution in [0.25, 0.3) is 16.7 Å². The van der Waals surface area contributed by atoms with Crippen molar-refractivity contribution in [3.8, 4) is 5.69 Å². The van der Waals surface area contributed by atoms with E-state index in [2.05, 4.69) is 9.88 Å². The predicted octanol–water partition coefficient (Wildman–Crippen LogP) is 4.95. The first-order chi connectivity index (χ1) is 15.5. The van der Waals surface area contributed by atoms with Crippen LogP contribution >= 0.6 is 0 Å². The van der Waals surface area contributed by atoms with Gasteiger partial charge in [0, 0.05) is 37.8 Å². The predicted molar refractivity (Wildman–Crippen MR) is 125 cm³/mol. The lowest BCUT2D eigenvalue weighted by Gasteiger charge is -2.39. The maximum Gasteiger partial charge on any atom is 0.253 e. The molecule has 6 heteroatoms. The van der Waals surface area contributed by atoms with Gasteiger partial charge >= 0.3 is 0 Å². The van der Waals surface area contributed by atoms with E-state index < -0.39 is 5.82 Å². The number of rotatable bonds is 4. The topological polar surface area (TPSA) is 41.4 Å². The number of carbonyl (C=O) groups is 1. The van der Waals surface area contributed by atoms with Crippen LogP contribution in [0.5, 0.6) is 0 Å². The Morgan fingerprint density at radius 3 is 2.50 bits per heavy atom. The number of aryl methyl sites for hydroxylation is 1. The highest BCUT2D eigenvalue weighted by molar-refractivity contribution is 5.94. The summed E-state index contributed by atoms with van der Waals surface area (Å²) < 4.78 is 17.0. The van der Waals surface area contributed by atoms with Crippen LogP contribution in [0.15, 0.2) is 42.5 Å². The Kier molecular flexibility index (Phi) is 5.72. The number of halogens is 1. The van der Waals surface area contributed by atoms with Gasteiger partial charge in [-0.2, -0.15) is 0 Å². The standard InChI is InChI=1S/C26H31FN4O/c1-18-28-23-9-5-6-10-25(23)31(18)24-12-11-19(17-22(24)27)26(32)29(2)20-13-15-30(16-14-20)21-7-3-4-8-21/h5-6,9-12,17,20-21H,3-4,7-8,13-16H2,1-2H3. The number of fused-ring (bicyclic) bond motifs is 1. The van der Waals surface area contributed by atoms with Crippen molar-refractivity contribution < 1.29 is 9.18 Å². The zero-order valence-electron chi connectivity index (χ0n) is 18.9. The van der Waals surface area contributed by atoms with Gasteiger partial charge in [-0.3, -0.25) is 9.36 Å². The minimum Gasteiger partial charge on any atom is -0.339 e. The Labute approximate surface area is 188 Å². The zero-order chi connectivity index (χ0) is 22.2. The van der Waals surface area contributed by atoms with Gasteiger partial charge in [0.25, 0.3) is 5.91 Å². The average Bonchev–Trinajstić information content (AvgIpc) is 3.46. The highest BCUT2D eigenvalue weighted by atomic mass is 19.1. The summed E-state index contributed by atoms with van der Waals surface area (Å²) in [6, 6.07) is 13.4. The molecule has 5 nitrogen and oxygen atoms in total. The lowest BCUT2D eigenvalue weighted by molar-refractivity contribution is 0.0598. The van der Waals surface area contributed by atoms with E-state index in [0.29, 0.717) is 11.3 Å². The lowest BCUT2D eigenvalue weighted by Crippen LogP contribution is -2.48. The quantitative estimate of drug-likeness (QED) is 0.583. The maximum absolute atomic E-state index is 15.2. The second-order valence-electron chi connectivity index (χ2n) is 9.27. The number of para-hydroxylation sites is 2. The molecule has 0 bridgehead atoms. The molecular formula is C26H31FN4O. The second kappa shape index (κ2) is 8.66. The molecule has 1 aliphatic carbocycles. The number of aromatic nitrogens is 2. The molecule has 32 heavy (non-hydrogen) atoms. The summed E-state index contributed by atoms with van der Waals surface area (Å²) in [5.41, 5.74) is 2.50. The Balaban J connectivity index is 1.31. The number of carbonyl (C=O) groups excluding carboxylic acids is 1. The van der Waals surface area contributed by atoms with E-state index in [-0.39, 0.29) is 11.9 Å². The average molecular weight is 435 g/mol. The number of hydrogen-bond acceptors (Lipinski definition) is 3. The molecular weight excluding hydrogens is 403 g/mol. The van der Waals surface area contributed by atoms with Crippen LogP contribution in [-0.2, 0) is 0 Å². The van der Waals surface area contributed by atoms with Crippen LogP contribution in [0, 0.1) is 12.7 Å². The SMILES string of the molecule is Cc1nc2ccccc2n1-c1ccc(C(=O)N(C)C2CCN(C3CCCC3)CC2)cc1F. The van der Waals surface area contributed by atoms with E-state index in [1.165, 1.54) is 31.7 Å². The van der Waals surface area contributed by atoms with Crippen molar-refractivity contribution in [1.82, 2.24) is 19.4 Å². The molecule has 0 atom stereocenters. The summed E-state index contributed by atoms with van der Waals surface area (Å²) in [4.78, 5) is 22.1. The fourth-order valence-electron chi connectivity index (χ4n) is 5.55. The summed E-state index contributed by atoms with van der Waals surface area (Å²) in [6.07, 6.45) is 7.30. The van der Waals surface area contributed by atoms with Crippen LogP contribution in [0.1, 0.15) is 54.7 Å². The van der Waals surface area contributed by atoms with Crippen LogP contribution < -0.4 is 0 Å². The number of hydrogen-bond donors (Lipinski definition) is 0. The molecule has 1 amide bonds. The van der Waals surface area contributed by atoms with E-state index >= 15 is 4.39 Å². The van der Waals surface area contributed by atoms with Gasteiger partial charge in [-0.1, -0.05) is 25.0 Å². The van der Waals surface area contributed by atoms with Gasteiger partial charge in [-0.05, 0) is 62.9 Å². The minimum atomic E-state index is -0.411. The third kappa shape index (κ3) is 3.81. The fraction of sp³-hybridized carbons (Fsp3) is 0.462. The molecule has 0 unspecified atom stereocenters. The van der Waals surface area contributed by atoms with Crippen molar-refractivity contribution >= 4 is 16.9 Å². The third-order valence-electron chi connectivity index (χ3n) is 7.37. The molecule has 1 saturated carbocycles. The normalized spacial score (nSPS) is 18.5. The number of benzene rings is 2. The minimum absolute atomic E-state index is 0.109. The summed E-state index contributed by atoms with van der Waals surface area (Å²) in [6.45, 7) is 3.96. The van der Waals surface area contributed by atoms with Crippen molar-refractivity contribution in [2.45, 2.75) is 57.5 Å². The molecule has 1 aliphatic heterocycles. The molecule has 2 aliphatic rings. The number of imidazole rings is 1. The Morgan fingerprint density at radius 2 is 1.78 bits per heavy atom. The number of likely N-dealkylation sites (tertiary alicyclic amines) is 1. The van der Waals surface area contributed by atoms with Gasteiger partial charge in [0.2, 0.25) is 0 Å². The molecule has 1 aromatic heterocycles. The first-order valence-corrected chi connectivity index (χ1v) is 11.8.